The van der Waals surface area contributed by atoms with Crippen LogP contribution in [-0.4, -0.2) is 29.7 Å². The van der Waals surface area contributed by atoms with Gasteiger partial charge in [0, 0.05) is 25.1 Å². The molecular weight excluding hydrogens is 276 g/mol. The van der Waals surface area contributed by atoms with Gasteiger partial charge in [-0.15, -0.1) is 0 Å². The van der Waals surface area contributed by atoms with Crippen molar-refractivity contribution in [3.63, 3.8) is 0 Å². The number of carbonyl (C=O) groups is 1. The van der Waals surface area contributed by atoms with Crippen LogP contribution in [0.1, 0.15) is 41.7 Å². The molecule has 0 unspecified atom stereocenters. The van der Waals surface area contributed by atoms with Crippen LogP contribution in [0.3, 0.4) is 0 Å². The first-order chi connectivity index (χ1) is 10.5. The van der Waals surface area contributed by atoms with Gasteiger partial charge >= 0.3 is 0 Å². The summed E-state index contributed by atoms with van der Waals surface area (Å²) in [4.78, 5) is 12.8. The van der Waals surface area contributed by atoms with Gasteiger partial charge in [0.2, 0.25) is 0 Å². The molecule has 4 heteroatoms. The van der Waals surface area contributed by atoms with E-state index in [1.165, 1.54) is 5.56 Å². The second kappa shape index (κ2) is 5.76. The molecule has 0 radical (unpaired) electrons. The molecule has 0 bridgehead atoms. The number of hydrogen-bond donors (Lipinski definition) is 1. The summed E-state index contributed by atoms with van der Waals surface area (Å²) in [5, 5.41) is 4.34. The first-order valence-electron chi connectivity index (χ1n) is 7.92. The fourth-order valence-electron chi connectivity index (χ4n) is 3.60. The first-order valence-corrected chi connectivity index (χ1v) is 7.92. The molecule has 1 N–H and O–H groups in total. The lowest BCUT2D eigenvalue weighted by atomic mass is 9.98. The van der Waals surface area contributed by atoms with E-state index in [1.54, 1.807) is 7.11 Å². The van der Waals surface area contributed by atoms with E-state index in [0.29, 0.717) is 12.3 Å². The number of rotatable bonds is 4. The standard InChI is InChI=1S/C18H24N2O2/c1-13-6-7-14-11-16(20(2)15(14)10-13)17(21)19-18(12-22-3)8-4-5-9-18/h6-7,10-11H,4-5,8-9,12H2,1-3H3,(H,19,21). The molecule has 1 aromatic heterocycles. The molecule has 1 aliphatic carbocycles. The number of ether oxygens (including phenoxy) is 1. The van der Waals surface area contributed by atoms with E-state index in [9.17, 15) is 4.79 Å². The third-order valence-electron chi connectivity index (χ3n) is 4.79. The van der Waals surface area contributed by atoms with Crippen molar-refractivity contribution in [3.05, 3.63) is 35.5 Å². The fraction of sp³-hybridized carbons (Fsp3) is 0.500. The Bertz CT molecular complexity index is 696. The van der Waals surface area contributed by atoms with E-state index in [2.05, 4.69) is 30.4 Å². The number of nitrogens with one attached hydrogen (secondary N) is 1. The molecule has 1 fully saturated rings. The lowest BCUT2D eigenvalue weighted by Crippen LogP contribution is -2.50. The third-order valence-corrected chi connectivity index (χ3v) is 4.79. The van der Waals surface area contributed by atoms with Crippen molar-refractivity contribution in [1.82, 2.24) is 9.88 Å². The molecule has 1 amide bonds. The van der Waals surface area contributed by atoms with Gasteiger partial charge in [-0.3, -0.25) is 4.79 Å². The number of methoxy groups -OCH3 is 1. The molecule has 2 aromatic rings. The van der Waals surface area contributed by atoms with E-state index in [-0.39, 0.29) is 11.4 Å². The Morgan fingerprint density at radius 1 is 1.32 bits per heavy atom. The number of carbonyl (C=O) groups excluding carboxylic acids is 1. The summed E-state index contributed by atoms with van der Waals surface area (Å²) in [5.74, 6) is -0.00435. The third kappa shape index (κ3) is 2.63. The van der Waals surface area contributed by atoms with Gasteiger partial charge in [0.15, 0.2) is 0 Å². The summed E-state index contributed by atoms with van der Waals surface area (Å²) in [7, 11) is 3.65. The highest BCUT2D eigenvalue weighted by atomic mass is 16.5. The van der Waals surface area contributed by atoms with Crippen molar-refractivity contribution in [2.75, 3.05) is 13.7 Å². The fourth-order valence-corrected chi connectivity index (χ4v) is 3.60. The molecule has 0 aliphatic heterocycles. The van der Waals surface area contributed by atoms with Crippen LogP contribution in [-0.2, 0) is 11.8 Å². The number of aromatic nitrogens is 1. The number of aryl methyl sites for hydroxylation is 2. The summed E-state index contributed by atoms with van der Waals surface area (Å²) in [6.07, 6.45) is 4.29. The molecular formula is C18H24N2O2. The van der Waals surface area contributed by atoms with Crippen LogP contribution in [0.5, 0.6) is 0 Å². The predicted octanol–water partition coefficient (Wildman–Crippen LogP) is 3.18. The zero-order valence-corrected chi connectivity index (χ0v) is 13.6. The van der Waals surface area contributed by atoms with Crippen molar-refractivity contribution in [2.45, 2.75) is 38.1 Å². The van der Waals surface area contributed by atoms with Crippen molar-refractivity contribution in [2.24, 2.45) is 7.05 Å². The summed E-state index contributed by atoms with van der Waals surface area (Å²) in [6.45, 7) is 2.65. The van der Waals surface area contributed by atoms with Crippen molar-refractivity contribution in [1.29, 1.82) is 0 Å². The normalized spacial score (nSPS) is 17.0. The lowest BCUT2D eigenvalue weighted by molar-refractivity contribution is 0.0760. The molecule has 1 aromatic carbocycles. The van der Waals surface area contributed by atoms with Gasteiger partial charge in [-0.2, -0.15) is 0 Å². The van der Waals surface area contributed by atoms with Crippen LogP contribution >= 0.6 is 0 Å². The molecule has 3 rings (SSSR count). The Kier molecular flexibility index (Phi) is 3.96. The first kappa shape index (κ1) is 15.1. The van der Waals surface area contributed by atoms with E-state index in [4.69, 9.17) is 4.74 Å². The minimum atomic E-state index is -0.196. The van der Waals surface area contributed by atoms with Gasteiger partial charge in [-0.25, -0.2) is 0 Å². The molecule has 1 aliphatic rings. The Morgan fingerprint density at radius 3 is 2.73 bits per heavy atom. The molecule has 0 saturated heterocycles. The number of fused-ring (bicyclic) bond motifs is 1. The van der Waals surface area contributed by atoms with Crippen LogP contribution < -0.4 is 5.32 Å². The minimum absolute atomic E-state index is 0.00435. The maximum Gasteiger partial charge on any atom is 0.268 e. The lowest BCUT2D eigenvalue weighted by Gasteiger charge is -2.29. The average molecular weight is 300 g/mol. The number of nitrogens with zero attached hydrogens (tertiary/aromatic N) is 1. The SMILES string of the molecule is COCC1(NC(=O)c2cc3ccc(C)cc3n2C)CCCC1. The van der Waals surface area contributed by atoms with Crippen molar-refractivity contribution >= 4 is 16.8 Å². The highest BCUT2D eigenvalue weighted by Crippen LogP contribution is 2.30. The van der Waals surface area contributed by atoms with Gasteiger partial charge < -0.3 is 14.6 Å². The topological polar surface area (TPSA) is 43.3 Å². The molecule has 0 spiro atoms. The highest BCUT2D eigenvalue weighted by molar-refractivity contribution is 5.99. The Hall–Kier alpha value is -1.81. The molecule has 22 heavy (non-hydrogen) atoms. The molecule has 0 atom stereocenters. The van der Waals surface area contributed by atoms with Crippen LogP contribution in [0.25, 0.3) is 10.9 Å². The summed E-state index contributed by atoms with van der Waals surface area (Å²) in [5.41, 5.74) is 2.81. The Morgan fingerprint density at radius 2 is 2.05 bits per heavy atom. The number of amides is 1. The van der Waals surface area contributed by atoms with Crippen molar-refractivity contribution < 1.29 is 9.53 Å². The maximum absolute atomic E-state index is 12.8. The Labute approximate surface area is 131 Å². The summed E-state index contributed by atoms with van der Waals surface area (Å²) < 4.78 is 7.33. The van der Waals surface area contributed by atoms with Gasteiger partial charge in [-0.05, 0) is 37.5 Å². The van der Waals surface area contributed by atoms with Gasteiger partial charge in [-0.1, -0.05) is 25.0 Å². The summed E-state index contributed by atoms with van der Waals surface area (Å²) >= 11 is 0. The van der Waals surface area contributed by atoms with Gasteiger partial charge in [0.25, 0.3) is 5.91 Å². The minimum Gasteiger partial charge on any atom is -0.382 e. The molecule has 4 nitrogen and oxygen atoms in total. The van der Waals surface area contributed by atoms with Crippen LogP contribution in [0, 0.1) is 6.92 Å². The van der Waals surface area contributed by atoms with E-state index >= 15 is 0 Å². The Balaban J connectivity index is 1.90. The van der Waals surface area contributed by atoms with Gasteiger partial charge in [0.05, 0.1) is 12.1 Å². The smallest absolute Gasteiger partial charge is 0.268 e. The van der Waals surface area contributed by atoms with Crippen LogP contribution in [0.2, 0.25) is 0 Å². The van der Waals surface area contributed by atoms with Crippen molar-refractivity contribution in [3.8, 4) is 0 Å². The maximum atomic E-state index is 12.8. The zero-order chi connectivity index (χ0) is 15.7. The second-order valence-electron chi connectivity index (χ2n) is 6.53. The molecule has 1 heterocycles. The highest BCUT2D eigenvalue weighted by Gasteiger charge is 2.36. The van der Waals surface area contributed by atoms with Crippen LogP contribution in [0.15, 0.2) is 24.3 Å². The van der Waals surface area contributed by atoms with Gasteiger partial charge in [0.1, 0.15) is 5.69 Å². The van der Waals surface area contributed by atoms with E-state index in [0.717, 1.165) is 36.6 Å². The molecule has 118 valence electrons. The molecule has 1 saturated carbocycles. The zero-order valence-electron chi connectivity index (χ0n) is 13.6. The second-order valence-corrected chi connectivity index (χ2v) is 6.53. The summed E-state index contributed by atoms with van der Waals surface area (Å²) in [6, 6.07) is 8.24. The average Bonchev–Trinajstić information content (AvgIpc) is 3.05. The van der Waals surface area contributed by atoms with Crippen LogP contribution in [0.4, 0.5) is 0 Å². The number of hydrogen-bond acceptors (Lipinski definition) is 2. The van der Waals surface area contributed by atoms with E-state index < -0.39 is 0 Å². The quantitative estimate of drug-likeness (QED) is 0.942. The number of benzene rings is 1. The van der Waals surface area contributed by atoms with E-state index in [1.807, 2.05) is 17.7 Å². The largest absolute Gasteiger partial charge is 0.382 e. The monoisotopic (exact) mass is 300 g/mol. The predicted molar refractivity (Wildman–Crippen MR) is 88.2 cm³/mol.